The van der Waals surface area contributed by atoms with E-state index in [4.69, 9.17) is 9.47 Å². The van der Waals surface area contributed by atoms with Crippen molar-refractivity contribution in [3.8, 4) is 5.75 Å². The van der Waals surface area contributed by atoms with Gasteiger partial charge >= 0.3 is 5.97 Å². The molecule has 0 spiro atoms. The van der Waals surface area contributed by atoms with E-state index in [-0.39, 0.29) is 18.9 Å². The van der Waals surface area contributed by atoms with Crippen molar-refractivity contribution in [1.29, 1.82) is 0 Å². The van der Waals surface area contributed by atoms with Crippen LogP contribution in [0.4, 0.5) is 0 Å². The van der Waals surface area contributed by atoms with E-state index < -0.39 is 12.0 Å². The summed E-state index contributed by atoms with van der Waals surface area (Å²) in [6, 6.07) is 11.2. The van der Waals surface area contributed by atoms with Crippen LogP contribution in [0, 0.1) is 0 Å². The van der Waals surface area contributed by atoms with Gasteiger partial charge in [0, 0.05) is 17.1 Å². The van der Waals surface area contributed by atoms with Gasteiger partial charge < -0.3 is 19.7 Å². The average Bonchev–Trinajstić information content (AvgIpc) is 3.48. The first-order chi connectivity index (χ1) is 16.5. The van der Waals surface area contributed by atoms with Crippen molar-refractivity contribution in [2.45, 2.75) is 32.7 Å². The Kier molecular flexibility index (Phi) is 7.74. The predicted octanol–water partition coefficient (Wildman–Crippen LogP) is 4.64. The molecular weight excluding hydrogens is 470 g/mol. The van der Waals surface area contributed by atoms with Crippen molar-refractivity contribution < 1.29 is 19.1 Å². The maximum absolute atomic E-state index is 13.0. The monoisotopic (exact) mass is 497 g/mol. The quantitative estimate of drug-likeness (QED) is 0.508. The van der Waals surface area contributed by atoms with Crippen LogP contribution >= 0.6 is 23.1 Å². The van der Waals surface area contributed by atoms with Gasteiger partial charge in [0.05, 0.1) is 37.4 Å². The fourth-order valence-electron chi connectivity index (χ4n) is 3.97. The lowest BCUT2D eigenvalue weighted by molar-refractivity contribution is -0.139. The molecule has 178 valence electrons. The van der Waals surface area contributed by atoms with Gasteiger partial charge in [-0.3, -0.25) is 4.79 Å². The maximum Gasteiger partial charge on any atom is 0.338 e. The molecule has 1 atom stereocenters. The summed E-state index contributed by atoms with van der Waals surface area (Å²) in [5, 5.41) is 7.71. The molecule has 2 aliphatic heterocycles. The molecule has 0 bridgehead atoms. The van der Waals surface area contributed by atoms with Gasteiger partial charge in [-0.2, -0.15) is 0 Å². The van der Waals surface area contributed by atoms with Gasteiger partial charge in [-0.25, -0.2) is 9.79 Å². The van der Waals surface area contributed by atoms with Crippen LogP contribution in [0.3, 0.4) is 0 Å². The number of thioether (sulfide) groups is 1. The lowest BCUT2D eigenvalue weighted by Crippen LogP contribution is -2.38. The average molecular weight is 498 g/mol. The van der Waals surface area contributed by atoms with Crippen molar-refractivity contribution in [1.82, 2.24) is 10.2 Å². The lowest BCUT2D eigenvalue weighted by atomic mass is 9.93. The molecule has 9 heteroatoms. The number of carbonyl (C=O) groups excluding carboxylic acids is 2. The molecule has 3 heterocycles. The van der Waals surface area contributed by atoms with Crippen LogP contribution in [-0.4, -0.2) is 42.2 Å². The van der Waals surface area contributed by atoms with Crippen LogP contribution in [-0.2, 0) is 20.7 Å². The zero-order valence-corrected chi connectivity index (χ0v) is 21.0. The first-order valence-corrected chi connectivity index (χ1v) is 12.8. The molecule has 1 aromatic heterocycles. The van der Waals surface area contributed by atoms with Crippen LogP contribution < -0.4 is 10.1 Å². The second-order valence-corrected chi connectivity index (χ2v) is 9.62. The summed E-state index contributed by atoms with van der Waals surface area (Å²) in [6.07, 6.45) is 0.987. The van der Waals surface area contributed by atoms with Crippen LogP contribution in [0.25, 0.3) is 0 Å². The first-order valence-electron chi connectivity index (χ1n) is 11.1. The van der Waals surface area contributed by atoms with Gasteiger partial charge in [-0.05, 0) is 54.8 Å². The number of amidine groups is 1. The maximum atomic E-state index is 13.0. The number of rotatable bonds is 9. The number of nitrogens with one attached hydrogen (secondary N) is 1. The molecule has 1 amide bonds. The molecular formula is C25H27N3O4S2. The SMILES string of the molecule is CCOC(=O)C1=C(C)N=C2SC=C(CC(=O)NCCc3cccs3)N2[C@H]1c1cccc(OC)c1. The van der Waals surface area contributed by atoms with Crippen LogP contribution in [0.2, 0.25) is 0 Å². The minimum Gasteiger partial charge on any atom is -0.497 e. The summed E-state index contributed by atoms with van der Waals surface area (Å²) in [5.41, 5.74) is 2.73. The molecule has 34 heavy (non-hydrogen) atoms. The molecule has 0 saturated heterocycles. The van der Waals surface area contributed by atoms with Crippen molar-refractivity contribution in [3.63, 3.8) is 0 Å². The van der Waals surface area contributed by atoms with E-state index in [1.54, 1.807) is 25.4 Å². The fraction of sp³-hybridized carbons (Fsp3) is 0.320. The third kappa shape index (κ3) is 5.20. The molecule has 1 N–H and O–H groups in total. The number of allylic oxidation sites excluding steroid dienone is 1. The van der Waals surface area contributed by atoms with Gasteiger partial charge in [0.25, 0.3) is 0 Å². The first kappa shape index (κ1) is 24.1. The van der Waals surface area contributed by atoms with Crippen LogP contribution in [0.5, 0.6) is 5.75 Å². The molecule has 2 aliphatic rings. The zero-order chi connectivity index (χ0) is 24.1. The van der Waals surface area contributed by atoms with Gasteiger partial charge in [0.15, 0.2) is 5.17 Å². The van der Waals surface area contributed by atoms with Gasteiger partial charge in [0.2, 0.25) is 5.91 Å². The number of carbonyl (C=O) groups is 2. The Morgan fingerprint density at radius 2 is 2.09 bits per heavy atom. The Labute approximate surface area is 207 Å². The summed E-state index contributed by atoms with van der Waals surface area (Å²) in [6.45, 7) is 4.44. The van der Waals surface area contributed by atoms with E-state index >= 15 is 0 Å². The largest absolute Gasteiger partial charge is 0.497 e. The molecule has 0 fully saturated rings. The fourth-order valence-corrected chi connectivity index (χ4v) is 5.65. The van der Waals surface area contributed by atoms with Crippen molar-refractivity contribution in [3.05, 3.63) is 74.6 Å². The zero-order valence-electron chi connectivity index (χ0n) is 19.4. The number of nitrogens with zero attached hydrogens (tertiary/aromatic N) is 2. The molecule has 0 aliphatic carbocycles. The van der Waals surface area contributed by atoms with Gasteiger partial charge in [0.1, 0.15) is 5.75 Å². The number of aliphatic imine (C=N–C) groups is 1. The number of methoxy groups -OCH3 is 1. The highest BCUT2D eigenvalue weighted by Crippen LogP contribution is 2.45. The molecule has 0 radical (unpaired) electrons. The van der Waals surface area contributed by atoms with E-state index in [0.29, 0.717) is 23.6 Å². The van der Waals surface area contributed by atoms with Crippen molar-refractivity contribution in [2.24, 2.45) is 4.99 Å². The summed E-state index contributed by atoms with van der Waals surface area (Å²) in [4.78, 5) is 33.7. The van der Waals surface area contributed by atoms with E-state index in [9.17, 15) is 9.59 Å². The number of fused-ring (bicyclic) bond motifs is 1. The molecule has 4 rings (SSSR count). The smallest absolute Gasteiger partial charge is 0.338 e. The highest BCUT2D eigenvalue weighted by Gasteiger charge is 2.41. The number of thiophene rings is 1. The van der Waals surface area contributed by atoms with E-state index in [2.05, 4.69) is 16.4 Å². The normalized spacial score (nSPS) is 17.1. The number of hydrogen-bond donors (Lipinski definition) is 1. The second-order valence-electron chi connectivity index (χ2n) is 7.75. The predicted molar refractivity (Wildman–Crippen MR) is 136 cm³/mol. The summed E-state index contributed by atoms with van der Waals surface area (Å²) in [7, 11) is 1.61. The van der Waals surface area contributed by atoms with Crippen LogP contribution in [0.1, 0.15) is 36.8 Å². The third-order valence-corrected chi connectivity index (χ3v) is 7.35. The molecule has 0 saturated carbocycles. The van der Waals surface area contributed by atoms with Crippen LogP contribution in [0.15, 0.2) is 69.1 Å². The van der Waals surface area contributed by atoms with E-state index in [0.717, 1.165) is 22.8 Å². The molecule has 0 unspecified atom stereocenters. The summed E-state index contributed by atoms with van der Waals surface area (Å²) < 4.78 is 10.8. The van der Waals surface area contributed by atoms with Crippen molar-refractivity contribution in [2.75, 3.05) is 20.3 Å². The third-order valence-electron chi connectivity index (χ3n) is 5.52. The Bertz CT molecular complexity index is 1150. The van der Waals surface area contributed by atoms with Gasteiger partial charge in [-0.15, -0.1) is 11.3 Å². The molecule has 2 aromatic rings. The number of esters is 1. The standard InChI is InChI=1S/C25H27N3O4S2/c1-4-32-24(30)22-16(2)27-25-28(23(22)17-7-5-8-19(13-17)31-3)18(15-34-25)14-21(29)26-11-10-20-9-6-12-33-20/h5-9,12-13,15,23H,4,10-11,14H2,1-3H3,(H,26,29)/t23-/m0/s1. The number of ether oxygens (including phenoxy) is 2. The Balaban J connectivity index is 1.59. The van der Waals surface area contributed by atoms with Gasteiger partial charge in [-0.1, -0.05) is 30.0 Å². The number of amides is 1. The van der Waals surface area contributed by atoms with Crippen molar-refractivity contribution >= 4 is 40.1 Å². The van der Waals surface area contributed by atoms with E-state index in [1.165, 1.54) is 16.6 Å². The summed E-state index contributed by atoms with van der Waals surface area (Å²) >= 11 is 3.14. The Morgan fingerprint density at radius 1 is 1.24 bits per heavy atom. The lowest BCUT2D eigenvalue weighted by Gasteiger charge is -2.36. The number of benzene rings is 1. The summed E-state index contributed by atoms with van der Waals surface area (Å²) in [5.74, 6) is 0.205. The highest BCUT2D eigenvalue weighted by atomic mass is 32.2. The highest BCUT2D eigenvalue weighted by molar-refractivity contribution is 8.16. The minimum absolute atomic E-state index is 0.0713. The molecule has 1 aromatic carbocycles. The topological polar surface area (TPSA) is 80.2 Å². The minimum atomic E-state index is -0.471. The number of hydrogen-bond acceptors (Lipinski definition) is 8. The Morgan fingerprint density at radius 3 is 2.82 bits per heavy atom. The Hall–Kier alpha value is -3.04. The molecule has 7 nitrogen and oxygen atoms in total. The second kappa shape index (κ2) is 10.9. The van der Waals surface area contributed by atoms with E-state index in [1.807, 2.05) is 52.9 Å².